The molecule has 4 heterocycles. The van der Waals surface area contributed by atoms with Gasteiger partial charge in [-0.15, -0.1) is 0 Å². The zero-order valence-electron chi connectivity index (χ0n) is 23.3. The van der Waals surface area contributed by atoms with Gasteiger partial charge in [0, 0.05) is 49.5 Å². The molecule has 0 aliphatic carbocycles. The van der Waals surface area contributed by atoms with E-state index in [0.717, 1.165) is 73.8 Å². The van der Waals surface area contributed by atoms with Crippen molar-refractivity contribution in [1.82, 2.24) is 30.0 Å². The van der Waals surface area contributed by atoms with Crippen molar-refractivity contribution in [3.05, 3.63) is 65.6 Å². The molecule has 2 aromatic carbocycles. The molecule has 1 fully saturated rings. The first-order valence-electron chi connectivity index (χ1n) is 13.9. The van der Waals surface area contributed by atoms with Crippen molar-refractivity contribution in [2.75, 3.05) is 36.9 Å². The van der Waals surface area contributed by atoms with Crippen LogP contribution in [0.5, 0.6) is 0 Å². The maximum Gasteiger partial charge on any atom is 0.251 e. The summed E-state index contributed by atoms with van der Waals surface area (Å²) in [4.78, 5) is 25.6. The number of carbonyl (C=O) groups excluding carboxylic acids is 1. The van der Waals surface area contributed by atoms with Gasteiger partial charge in [0.1, 0.15) is 5.52 Å². The van der Waals surface area contributed by atoms with Crippen LogP contribution in [0.2, 0.25) is 0 Å². The van der Waals surface area contributed by atoms with Gasteiger partial charge in [-0.25, -0.2) is 4.98 Å². The van der Waals surface area contributed by atoms with Gasteiger partial charge in [0.15, 0.2) is 5.82 Å². The number of fused-ring (bicyclic) bond motifs is 2. The molecule has 2 aliphatic rings. The van der Waals surface area contributed by atoms with Crippen LogP contribution in [-0.4, -0.2) is 63.3 Å². The third-order valence-electron chi connectivity index (χ3n) is 7.89. The maximum absolute atomic E-state index is 13.1. The number of amides is 1. The number of imidazole rings is 1. The summed E-state index contributed by atoms with van der Waals surface area (Å²) >= 11 is 0. The second-order valence-electron chi connectivity index (χ2n) is 12.0. The summed E-state index contributed by atoms with van der Waals surface area (Å²) in [5, 5.41) is 11.6. The van der Waals surface area contributed by atoms with Gasteiger partial charge < -0.3 is 20.5 Å². The number of nitrogens with one attached hydrogen (secondary N) is 3. The Kier molecular flexibility index (Phi) is 6.54. The Morgan fingerprint density at radius 3 is 2.69 bits per heavy atom. The van der Waals surface area contributed by atoms with Gasteiger partial charge in [0.05, 0.1) is 29.8 Å². The quantitative estimate of drug-likeness (QED) is 0.351. The molecule has 9 heteroatoms. The minimum absolute atomic E-state index is 0.0110. The fraction of sp³-hybridized carbons (Fsp3) is 0.433. The number of likely N-dealkylation sites (N-methyl/N-ethyl adjacent to an activating group) is 1. The fourth-order valence-electron chi connectivity index (χ4n) is 5.63. The van der Waals surface area contributed by atoms with E-state index in [2.05, 4.69) is 93.2 Å². The standard InChI is InChI=1S/C30H38N8O/c1-30(2,3)21-9-7-20(8-10-21)29(39)33-22-6-5-11-37(17-22)23-14-25-28(32-19-31-25)26(15-23)34-27-16-24-18-36(4)12-13-38(24)35-27/h7-10,14-16,19,22H,5-6,11-13,17-18H2,1-4H3,(H,31,32)(H,33,39)(H,34,35). The van der Waals surface area contributed by atoms with Crippen LogP contribution >= 0.6 is 0 Å². The number of carbonyl (C=O) groups is 1. The third kappa shape index (κ3) is 5.36. The van der Waals surface area contributed by atoms with E-state index in [4.69, 9.17) is 5.10 Å². The van der Waals surface area contributed by atoms with Crippen molar-refractivity contribution < 1.29 is 4.79 Å². The minimum atomic E-state index is -0.0110. The molecule has 1 saturated heterocycles. The van der Waals surface area contributed by atoms with E-state index in [1.807, 2.05) is 12.1 Å². The smallest absolute Gasteiger partial charge is 0.251 e. The molecular weight excluding hydrogens is 488 g/mol. The first-order valence-corrected chi connectivity index (χ1v) is 13.9. The first-order chi connectivity index (χ1) is 18.7. The summed E-state index contributed by atoms with van der Waals surface area (Å²) in [6.07, 6.45) is 3.71. The molecule has 2 aliphatic heterocycles. The van der Waals surface area contributed by atoms with Gasteiger partial charge in [-0.3, -0.25) is 14.4 Å². The molecule has 6 rings (SSSR count). The summed E-state index contributed by atoms with van der Waals surface area (Å²) < 4.78 is 2.09. The zero-order valence-corrected chi connectivity index (χ0v) is 23.3. The molecule has 1 unspecified atom stereocenters. The molecule has 4 aromatic rings. The SMILES string of the molecule is CN1CCn2nc(Nc3cc(N4CCCC(NC(=O)c5ccc(C(C)(C)C)cc5)C4)cc4[nH]cnc34)cc2C1. The molecule has 2 aromatic heterocycles. The number of benzene rings is 2. The summed E-state index contributed by atoms with van der Waals surface area (Å²) in [5.41, 5.74) is 7.11. The molecule has 0 radical (unpaired) electrons. The Morgan fingerprint density at radius 1 is 1.08 bits per heavy atom. The number of anilines is 3. The predicted molar refractivity (Wildman–Crippen MR) is 156 cm³/mol. The Hall–Kier alpha value is -3.85. The van der Waals surface area contributed by atoms with Crippen molar-refractivity contribution in [2.24, 2.45) is 0 Å². The molecule has 0 bridgehead atoms. The van der Waals surface area contributed by atoms with Crippen LogP contribution in [0.25, 0.3) is 11.0 Å². The number of piperidine rings is 1. The lowest BCUT2D eigenvalue weighted by Crippen LogP contribution is -2.47. The molecule has 9 nitrogen and oxygen atoms in total. The monoisotopic (exact) mass is 526 g/mol. The van der Waals surface area contributed by atoms with Crippen molar-refractivity contribution in [3.63, 3.8) is 0 Å². The van der Waals surface area contributed by atoms with Crippen molar-refractivity contribution in [1.29, 1.82) is 0 Å². The highest BCUT2D eigenvalue weighted by molar-refractivity contribution is 5.95. The number of aromatic amines is 1. The Bertz CT molecular complexity index is 1480. The summed E-state index contributed by atoms with van der Waals surface area (Å²) in [7, 11) is 2.14. The van der Waals surface area contributed by atoms with Crippen LogP contribution < -0.4 is 15.5 Å². The van der Waals surface area contributed by atoms with Gasteiger partial charge in [-0.1, -0.05) is 32.9 Å². The number of nitrogens with zero attached hydrogens (tertiary/aromatic N) is 5. The Balaban J connectivity index is 1.18. The van der Waals surface area contributed by atoms with Gasteiger partial charge in [-0.05, 0) is 55.1 Å². The van der Waals surface area contributed by atoms with E-state index >= 15 is 0 Å². The second-order valence-corrected chi connectivity index (χ2v) is 12.0. The van der Waals surface area contributed by atoms with Crippen LogP contribution in [0, 0.1) is 0 Å². The van der Waals surface area contributed by atoms with Crippen LogP contribution in [-0.2, 0) is 18.5 Å². The number of hydrogen-bond acceptors (Lipinski definition) is 6. The molecule has 3 N–H and O–H groups in total. The summed E-state index contributed by atoms with van der Waals surface area (Å²) in [6, 6.07) is 14.5. The number of hydrogen-bond donors (Lipinski definition) is 3. The highest BCUT2D eigenvalue weighted by atomic mass is 16.1. The van der Waals surface area contributed by atoms with E-state index in [-0.39, 0.29) is 17.4 Å². The van der Waals surface area contributed by atoms with Crippen LogP contribution in [0.4, 0.5) is 17.2 Å². The van der Waals surface area contributed by atoms with Crippen LogP contribution in [0.1, 0.15) is 55.2 Å². The summed E-state index contributed by atoms with van der Waals surface area (Å²) in [6.45, 7) is 11.0. The van der Waals surface area contributed by atoms with Crippen molar-refractivity contribution in [2.45, 2.75) is 58.2 Å². The van der Waals surface area contributed by atoms with Crippen LogP contribution in [0.15, 0.2) is 48.8 Å². The average Bonchev–Trinajstić information content (AvgIpc) is 3.55. The zero-order chi connectivity index (χ0) is 27.1. The fourth-order valence-corrected chi connectivity index (χ4v) is 5.63. The molecule has 1 amide bonds. The first kappa shape index (κ1) is 25.4. The van der Waals surface area contributed by atoms with E-state index < -0.39 is 0 Å². The van der Waals surface area contributed by atoms with Gasteiger partial charge in [0.25, 0.3) is 5.91 Å². The highest BCUT2D eigenvalue weighted by Gasteiger charge is 2.24. The van der Waals surface area contributed by atoms with Gasteiger partial charge in [0.2, 0.25) is 0 Å². The number of rotatable bonds is 5. The van der Waals surface area contributed by atoms with Gasteiger partial charge >= 0.3 is 0 Å². The molecule has 0 saturated carbocycles. The highest BCUT2D eigenvalue weighted by Crippen LogP contribution is 2.32. The molecular formula is C30H38N8O. The Labute approximate surface area is 229 Å². The summed E-state index contributed by atoms with van der Waals surface area (Å²) in [5.74, 6) is 0.825. The van der Waals surface area contributed by atoms with E-state index in [0.29, 0.717) is 5.56 Å². The normalized spacial score (nSPS) is 18.3. The van der Waals surface area contributed by atoms with Crippen molar-refractivity contribution >= 4 is 34.1 Å². The lowest BCUT2D eigenvalue weighted by molar-refractivity contribution is 0.0933. The second kappa shape index (κ2) is 10.0. The lowest BCUT2D eigenvalue weighted by atomic mass is 9.86. The third-order valence-corrected chi connectivity index (χ3v) is 7.89. The predicted octanol–water partition coefficient (Wildman–Crippen LogP) is 4.64. The number of aromatic nitrogens is 4. The minimum Gasteiger partial charge on any atom is -0.369 e. The van der Waals surface area contributed by atoms with E-state index in [1.54, 1.807) is 6.33 Å². The molecule has 1 atom stereocenters. The Morgan fingerprint density at radius 2 is 1.90 bits per heavy atom. The van der Waals surface area contributed by atoms with Gasteiger partial charge in [-0.2, -0.15) is 5.10 Å². The molecule has 204 valence electrons. The largest absolute Gasteiger partial charge is 0.369 e. The molecule has 0 spiro atoms. The number of H-pyrrole nitrogens is 1. The average molecular weight is 527 g/mol. The lowest BCUT2D eigenvalue weighted by Gasteiger charge is -2.35. The van der Waals surface area contributed by atoms with Crippen molar-refractivity contribution in [3.8, 4) is 0 Å². The topological polar surface area (TPSA) is 94.1 Å². The van der Waals surface area contributed by atoms with Crippen LogP contribution in [0.3, 0.4) is 0 Å². The maximum atomic E-state index is 13.1. The van der Waals surface area contributed by atoms with E-state index in [9.17, 15) is 4.79 Å². The molecule has 39 heavy (non-hydrogen) atoms. The van der Waals surface area contributed by atoms with E-state index in [1.165, 1.54) is 11.3 Å².